The highest BCUT2D eigenvalue weighted by Crippen LogP contribution is 2.29. The summed E-state index contributed by atoms with van der Waals surface area (Å²) >= 11 is 3.34. The maximum atomic E-state index is 13.0. The molecule has 1 amide bonds. The van der Waals surface area contributed by atoms with Gasteiger partial charge in [0.25, 0.3) is 5.91 Å². The van der Waals surface area contributed by atoms with Gasteiger partial charge in [-0.3, -0.25) is 4.79 Å². The first-order valence-corrected chi connectivity index (χ1v) is 10.4. The third-order valence-corrected chi connectivity index (χ3v) is 6.27. The summed E-state index contributed by atoms with van der Waals surface area (Å²) in [6, 6.07) is 12.2. The molecule has 8 heteroatoms. The molecule has 0 spiro atoms. The van der Waals surface area contributed by atoms with Crippen LogP contribution in [0.15, 0.2) is 51.8 Å². The molecule has 3 N–H and O–H groups in total. The van der Waals surface area contributed by atoms with Crippen molar-refractivity contribution in [2.75, 3.05) is 6.54 Å². The average molecular weight is 434 g/mol. The number of primary sulfonamides is 1. The van der Waals surface area contributed by atoms with Crippen LogP contribution in [-0.4, -0.2) is 30.8 Å². The second kappa shape index (κ2) is 6.22. The van der Waals surface area contributed by atoms with E-state index < -0.39 is 10.0 Å². The Kier molecular flexibility index (Phi) is 4.13. The quantitative estimate of drug-likeness (QED) is 0.649. The zero-order valence-corrected chi connectivity index (χ0v) is 16.1. The number of nitrogens with one attached hydrogen (secondary N) is 1. The molecule has 0 bridgehead atoms. The first-order chi connectivity index (χ1) is 12.3. The van der Waals surface area contributed by atoms with Crippen molar-refractivity contribution in [3.8, 4) is 0 Å². The standard InChI is InChI=1S/C18H16BrN3O3S/c19-15-6-5-11(26(20,24)25)9-13(15)18(23)22-8-7-17-14(10-22)12-3-1-2-4-16(12)21-17/h1-6,9,21H,7-8,10H2,(H2,20,24,25). The maximum absolute atomic E-state index is 13.0. The maximum Gasteiger partial charge on any atom is 0.255 e. The van der Waals surface area contributed by atoms with E-state index in [2.05, 4.69) is 20.9 Å². The molecule has 1 aliphatic heterocycles. The van der Waals surface area contributed by atoms with Gasteiger partial charge in [-0.2, -0.15) is 0 Å². The number of fused-ring (bicyclic) bond motifs is 3. The molecule has 0 saturated carbocycles. The molecule has 1 aliphatic rings. The van der Waals surface area contributed by atoms with Crippen LogP contribution < -0.4 is 5.14 Å². The second-order valence-corrected chi connectivity index (χ2v) is 8.71. The van der Waals surface area contributed by atoms with Gasteiger partial charge in [0.15, 0.2) is 0 Å². The lowest BCUT2D eigenvalue weighted by atomic mass is 10.0. The number of halogens is 1. The smallest absolute Gasteiger partial charge is 0.255 e. The minimum Gasteiger partial charge on any atom is -0.358 e. The fourth-order valence-corrected chi connectivity index (χ4v) is 4.31. The fourth-order valence-electron chi connectivity index (χ4n) is 3.36. The van der Waals surface area contributed by atoms with Gasteiger partial charge in [0, 0.05) is 46.1 Å². The predicted molar refractivity (Wildman–Crippen MR) is 102 cm³/mol. The zero-order valence-electron chi connectivity index (χ0n) is 13.7. The number of para-hydroxylation sites is 1. The number of carbonyl (C=O) groups excluding carboxylic acids is 1. The van der Waals surface area contributed by atoms with E-state index in [0.29, 0.717) is 23.1 Å². The summed E-state index contributed by atoms with van der Waals surface area (Å²) in [5.41, 5.74) is 3.61. The summed E-state index contributed by atoms with van der Waals surface area (Å²) in [7, 11) is -3.87. The summed E-state index contributed by atoms with van der Waals surface area (Å²) in [5, 5.41) is 6.30. The highest BCUT2D eigenvalue weighted by molar-refractivity contribution is 9.10. The summed E-state index contributed by atoms with van der Waals surface area (Å²) in [6.07, 6.45) is 0.724. The van der Waals surface area contributed by atoms with Crippen LogP contribution in [0, 0.1) is 0 Å². The Morgan fingerprint density at radius 1 is 1.19 bits per heavy atom. The Hall–Kier alpha value is -2.16. The van der Waals surface area contributed by atoms with Crippen LogP contribution in [0.1, 0.15) is 21.6 Å². The molecule has 134 valence electrons. The number of aromatic amines is 1. The molecule has 1 aromatic heterocycles. The van der Waals surface area contributed by atoms with E-state index in [9.17, 15) is 13.2 Å². The van der Waals surface area contributed by atoms with Gasteiger partial charge in [-0.1, -0.05) is 18.2 Å². The van der Waals surface area contributed by atoms with E-state index in [0.717, 1.165) is 28.6 Å². The summed E-state index contributed by atoms with van der Waals surface area (Å²) in [4.78, 5) is 18.1. The van der Waals surface area contributed by atoms with Gasteiger partial charge in [-0.15, -0.1) is 0 Å². The molecule has 26 heavy (non-hydrogen) atoms. The average Bonchev–Trinajstić information content (AvgIpc) is 2.98. The monoisotopic (exact) mass is 433 g/mol. The Bertz CT molecular complexity index is 1140. The number of nitrogens with two attached hydrogens (primary N) is 1. The van der Waals surface area contributed by atoms with Gasteiger partial charge in [0.2, 0.25) is 10.0 Å². The Morgan fingerprint density at radius 3 is 2.73 bits per heavy atom. The van der Waals surface area contributed by atoms with Gasteiger partial charge < -0.3 is 9.88 Å². The van der Waals surface area contributed by atoms with Crippen molar-refractivity contribution in [1.29, 1.82) is 0 Å². The summed E-state index contributed by atoms with van der Waals surface area (Å²) < 4.78 is 23.7. The second-order valence-electron chi connectivity index (χ2n) is 6.29. The van der Waals surface area contributed by atoms with Crippen LogP contribution >= 0.6 is 15.9 Å². The summed E-state index contributed by atoms with van der Waals surface area (Å²) in [6.45, 7) is 1.04. The van der Waals surface area contributed by atoms with Crippen molar-refractivity contribution in [3.05, 3.63) is 63.8 Å². The van der Waals surface area contributed by atoms with Crippen LogP contribution in [0.4, 0.5) is 0 Å². The van der Waals surface area contributed by atoms with E-state index in [4.69, 9.17) is 5.14 Å². The van der Waals surface area contributed by atoms with Crippen molar-refractivity contribution in [2.45, 2.75) is 17.9 Å². The fraction of sp³-hybridized carbons (Fsp3) is 0.167. The first-order valence-electron chi connectivity index (χ1n) is 8.04. The number of benzene rings is 2. The molecule has 0 fully saturated rings. The number of carbonyl (C=O) groups is 1. The van der Waals surface area contributed by atoms with Crippen molar-refractivity contribution in [2.24, 2.45) is 5.14 Å². The molecule has 2 aromatic carbocycles. The van der Waals surface area contributed by atoms with Gasteiger partial charge in [-0.05, 0) is 40.2 Å². The van der Waals surface area contributed by atoms with E-state index in [1.165, 1.54) is 18.2 Å². The number of hydrogen-bond donors (Lipinski definition) is 2. The van der Waals surface area contributed by atoms with Crippen LogP contribution in [0.3, 0.4) is 0 Å². The number of aromatic nitrogens is 1. The first kappa shape index (κ1) is 17.3. The number of H-pyrrole nitrogens is 1. The van der Waals surface area contributed by atoms with Crippen molar-refractivity contribution in [1.82, 2.24) is 9.88 Å². The van der Waals surface area contributed by atoms with Crippen molar-refractivity contribution < 1.29 is 13.2 Å². The topological polar surface area (TPSA) is 96.3 Å². The van der Waals surface area contributed by atoms with E-state index >= 15 is 0 Å². The van der Waals surface area contributed by atoms with Crippen LogP contribution in [0.2, 0.25) is 0 Å². The molecule has 6 nitrogen and oxygen atoms in total. The van der Waals surface area contributed by atoms with E-state index in [1.807, 2.05) is 24.3 Å². The molecular formula is C18H16BrN3O3S. The normalized spacial score (nSPS) is 14.5. The lowest BCUT2D eigenvalue weighted by molar-refractivity contribution is 0.0734. The molecule has 0 saturated heterocycles. The highest BCUT2D eigenvalue weighted by Gasteiger charge is 2.26. The van der Waals surface area contributed by atoms with Crippen LogP contribution in [0.5, 0.6) is 0 Å². The third kappa shape index (κ3) is 2.94. The van der Waals surface area contributed by atoms with E-state index in [-0.39, 0.29) is 10.8 Å². The minimum absolute atomic E-state index is 0.0751. The number of hydrogen-bond acceptors (Lipinski definition) is 3. The SMILES string of the molecule is NS(=O)(=O)c1ccc(Br)c(C(=O)N2CCc3[nH]c4ccccc4c3C2)c1. The molecular weight excluding hydrogens is 418 g/mol. The third-order valence-electron chi connectivity index (χ3n) is 4.67. The van der Waals surface area contributed by atoms with E-state index in [1.54, 1.807) is 4.90 Å². The number of sulfonamides is 1. The number of rotatable bonds is 2. The largest absolute Gasteiger partial charge is 0.358 e. The van der Waals surface area contributed by atoms with Gasteiger partial charge in [0.1, 0.15) is 0 Å². The molecule has 2 heterocycles. The predicted octanol–water partition coefficient (Wildman–Crippen LogP) is 2.78. The molecule has 3 aromatic rings. The molecule has 0 atom stereocenters. The zero-order chi connectivity index (χ0) is 18.5. The van der Waals surface area contributed by atoms with Gasteiger partial charge in [0.05, 0.1) is 10.5 Å². The molecule has 0 radical (unpaired) electrons. The highest BCUT2D eigenvalue weighted by atomic mass is 79.9. The minimum atomic E-state index is -3.87. The number of nitrogens with zero attached hydrogens (tertiary/aromatic N) is 1. The van der Waals surface area contributed by atoms with Crippen molar-refractivity contribution >= 4 is 42.8 Å². The lowest BCUT2D eigenvalue weighted by Gasteiger charge is -2.28. The van der Waals surface area contributed by atoms with Gasteiger partial charge >= 0.3 is 0 Å². The molecule has 0 aliphatic carbocycles. The van der Waals surface area contributed by atoms with Gasteiger partial charge in [-0.25, -0.2) is 13.6 Å². The Balaban J connectivity index is 1.70. The number of amides is 1. The van der Waals surface area contributed by atoms with Crippen LogP contribution in [-0.2, 0) is 23.0 Å². The summed E-state index contributed by atoms with van der Waals surface area (Å²) in [5.74, 6) is -0.224. The molecule has 0 unspecified atom stereocenters. The lowest BCUT2D eigenvalue weighted by Crippen LogP contribution is -2.36. The Labute approximate surface area is 159 Å². The van der Waals surface area contributed by atoms with Crippen molar-refractivity contribution in [3.63, 3.8) is 0 Å². The Morgan fingerprint density at radius 2 is 1.96 bits per heavy atom. The van der Waals surface area contributed by atoms with Crippen LogP contribution in [0.25, 0.3) is 10.9 Å². The molecule has 4 rings (SSSR count).